The molecular weight excluding hydrogens is 510 g/mol. The molecule has 2 aliphatic heterocycles. The maximum atomic E-state index is 13.3. The number of anilines is 1. The molecule has 0 spiro atoms. The minimum absolute atomic E-state index is 0.0261. The standard InChI is InChI=1S/C30H39N5O3S/c1-29(2,3)21-10-9-11-22(17-21)33-27-31-14-8-7-12-24-20(18-32-27)16-25(39-24)26(36)35-15-13-23(19-35)34-28(37)38-30(4,5)6/h7,9-12,14,16-17,23H,8,13,15,18-19H2,1-6H3,(H,32,33)(H,34,37)/b12-7-,31-14-. The van der Waals surface area contributed by atoms with Gasteiger partial charge in [-0.25, -0.2) is 14.8 Å². The highest BCUT2D eigenvalue weighted by Gasteiger charge is 2.30. The number of hydrogen-bond donors (Lipinski definition) is 2. The van der Waals surface area contributed by atoms with Crippen LogP contribution in [0.25, 0.3) is 6.08 Å². The second-order valence-corrected chi connectivity index (χ2v) is 13.0. The summed E-state index contributed by atoms with van der Waals surface area (Å²) in [6.07, 6.45) is 6.83. The predicted molar refractivity (Wildman–Crippen MR) is 160 cm³/mol. The third-order valence-corrected chi connectivity index (χ3v) is 7.49. The number of amides is 2. The average Bonchev–Trinajstić information content (AvgIpc) is 3.47. The number of thiophene rings is 1. The lowest BCUT2D eigenvalue weighted by atomic mass is 9.87. The highest BCUT2D eigenvalue weighted by Crippen LogP contribution is 2.28. The van der Waals surface area contributed by atoms with Crippen LogP contribution >= 0.6 is 11.3 Å². The Kier molecular flexibility index (Phi) is 8.59. The molecule has 1 saturated heterocycles. The lowest BCUT2D eigenvalue weighted by Crippen LogP contribution is -2.41. The van der Waals surface area contributed by atoms with E-state index in [0.29, 0.717) is 43.3 Å². The van der Waals surface area contributed by atoms with Crippen LogP contribution in [0.2, 0.25) is 0 Å². The molecule has 1 fully saturated rings. The number of likely N-dealkylation sites (tertiary alicyclic amines) is 1. The first-order valence-electron chi connectivity index (χ1n) is 13.4. The van der Waals surface area contributed by atoms with Gasteiger partial charge in [0, 0.05) is 36.3 Å². The number of ether oxygens (including phenoxy) is 1. The Morgan fingerprint density at radius 1 is 1.13 bits per heavy atom. The van der Waals surface area contributed by atoms with Crippen molar-refractivity contribution >= 4 is 47.3 Å². The van der Waals surface area contributed by atoms with Crippen LogP contribution in [0.3, 0.4) is 0 Å². The van der Waals surface area contributed by atoms with E-state index >= 15 is 0 Å². The fourth-order valence-corrected chi connectivity index (χ4v) is 5.42. The number of alkyl carbamates (subject to hydrolysis) is 1. The zero-order valence-corrected chi connectivity index (χ0v) is 24.5. The number of nitrogens with zero attached hydrogens (tertiary/aromatic N) is 3. The van der Waals surface area contributed by atoms with Gasteiger partial charge in [-0.15, -0.1) is 11.3 Å². The van der Waals surface area contributed by atoms with Crippen molar-refractivity contribution < 1.29 is 14.3 Å². The number of carbonyl (C=O) groups is 2. The molecule has 2 aliphatic rings. The lowest BCUT2D eigenvalue weighted by molar-refractivity contribution is 0.0502. The SMILES string of the molecule is CC(C)(C)OC(=O)NC1CCN(C(=O)c2cc3c(s2)/C=C\C/C=N\C(Nc2cccc(C(C)(C)C)c2)=N/C3)C1. The largest absolute Gasteiger partial charge is 0.444 e. The van der Waals surface area contributed by atoms with Gasteiger partial charge in [0.1, 0.15) is 5.60 Å². The average molecular weight is 550 g/mol. The van der Waals surface area contributed by atoms with Gasteiger partial charge in [-0.2, -0.15) is 0 Å². The minimum atomic E-state index is -0.559. The molecule has 0 aliphatic carbocycles. The van der Waals surface area contributed by atoms with Crippen molar-refractivity contribution in [1.82, 2.24) is 10.2 Å². The summed E-state index contributed by atoms with van der Waals surface area (Å²) in [6, 6.07) is 10.1. The van der Waals surface area contributed by atoms with E-state index in [2.05, 4.69) is 48.5 Å². The van der Waals surface area contributed by atoms with E-state index in [1.165, 1.54) is 16.9 Å². The van der Waals surface area contributed by atoms with Crippen LogP contribution in [0, 0.1) is 0 Å². The van der Waals surface area contributed by atoms with Gasteiger partial charge in [-0.1, -0.05) is 39.0 Å². The van der Waals surface area contributed by atoms with E-state index in [9.17, 15) is 9.59 Å². The minimum Gasteiger partial charge on any atom is -0.444 e. The van der Waals surface area contributed by atoms with Gasteiger partial charge < -0.3 is 20.3 Å². The van der Waals surface area contributed by atoms with E-state index in [4.69, 9.17) is 9.73 Å². The highest BCUT2D eigenvalue weighted by molar-refractivity contribution is 7.15. The number of allylic oxidation sites excluding steroid dienone is 1. The Morgan fingerprint density at radius 3 is 2.67 bits per heavy atom. The number of rotatable bonds is 3. The molecule has 2 N–H and O–H groups in total. The highest BCUT2D eigenvalue weighted by atomic mass is 32.1. The van der Waals surface area contributed by atoms with Gasteiger partial charge in [-0.05, 0) is 68.0 Å². The summed E-state index contributed by atoms with van der Waals surface area (Å²) >= 11 is 1.48. The molecule has 2 amide bonds. The third kappa shape index (κ3) is 8.02. The Labute approximate surface area is 235 Å². The Morgan fingerprint density at radius 2 is 1.92 bits per heavy atom. The summed E-state index contributed by atoms with van der Waals surface area (Å²) < 4.78 is 5.36. The predicted octanol–water partition coefficient (Wildman–Crippen LogP) is 6.24. The van der Waals surface area contributed by atoms with Crippen LogP contribution in [0.4, 0.5) is 10.5 Å². The molecule has 8 nitrogen and oxygen atoms in total. The quantitative estimate of drug-likeness (QED) is 0.474. The van der Waals surface area contributed by atoms with Gasteiger partial charge in [-0.3, -0.25) is 4.79 Å². The van der Waals surface area contributed by atoms with Crippen LogP contribution in [-0.4, -0.2) is 53.8 Å². The molecule has 0 saturated carbocycles. The number of carbonyl (C=O) groups excluding carboxylic acids is 2. The number of benzene rings is 1. The van der Waals surface area contributed by atoms with E-state index in [1.54, 1.807) is 4.90 Å². The molecule has 208 valence electrons. The van der Waals surface area contributed by atoms with Crippen LogP contribution in [0.5, 0.6) is 0 Å². The molecule has 1 atom stereocenters. The van der Waals surface area contributed by atoms with E-state index in [0.717, 1.165) is 16.1 Å². The first-order valence-corrected chi connectivity index (χ1v) is 14.2. The molecule has 4 rings (SSSR count). The van der Waals surface area contributed by atoms with Crippen molar-refractivity contribution in [3.63, 3.8) is 0 Å². The van der Waals surface area contributed by atoms with E-state index in [1.807, 2.05) is 57.3 Å². The van der Waals surface area contributed by atoms with E-state index < -0.39 is 11.7 Å². The molecule has 3 heterocycles. The maximum absolute atomic E-state index is 13.3. The number of guanidine groups is 1. The Balaban J connectivity index is 1.45. The molecule has 1 unspecified atom stereocenters. The molecule has 0 bridgehead atoms. The first kappa shape index (κ1) is 28.5. The normalized spacial score (nSPS) is 20.8. The van der Waals surface area contributed by atoms with Crippen molar-refractivity contribution in [3.8, 4) is 0 Å². The van der Waals surface area contributed by atoms with Crippen LogP contribution in [0.15, 0.2) is 46.4 Å². The zero-order valence-electron chi connectivity index (χ0n) is 23.7. The van der Waals surface area contributed by atoms with Gasteiger partial charge in [0.2, 0.25) is 5.96 Å². The van der Waals surface area contributed by atoms with Gasteiger partial charge >= 0.3 is 6.09 Å². The molecule has 1 aromatic carbocycles. The molecule has 9 heteroatoms. The molecule has 39 heavy (non-hydrogen) atoms. The van der Waals surface area contributed by atoms with Gasteiger partial charge in [0.15, 0.2) is 0 Å². The van der Waals surface area contributed by atoms with Crippen molar-refractivity contribution in [3.05, 3.63) is 57.3 Å². The fourth-order valence-electron chi connectivity index (χ4n) is 4.35. The second kappa shape index (κ2) is 11.7. The molecule has 1 aromatic heterocycles. The van der Waals surface area contributed by atoms with Crippen LogP contribution in [-0.2, 0) is 16.7 Å². The summed E-state index contributed by atoms with van der Waals surface area (Å²) in [7, 11) is 0. The van der Waals surface area contributed by atoms with Crippen molar-refractivity contribution in [2.45, 2.75) is 78.0 Å². The molecule has 2 aromatic rings. The van der Waals surface area contributed by atoms with Gasteiger partial charge in [0.25, 0.3) is 5.91 Å². The monoisotopic (exact) mass is 549 g/mol. The topological polar surface area (TPSA) is 95.4 Å². The number of fused-ring (bicyclic) bond motifs is 1. The second-order valence-electron chi connectivity index (χ2n) is 11.9. The van der Waals surface area contributed by atoms with Crippen molar-refractivity contribution in [1.29, 1.82) is 0 Å². The van der Waals surface area contributed by atoms with Crippen LogP contribution < -0.4 is 10.6 Å². The number of nitrogens with one attached hydrogen (secondary N) is 2. The summed E-state index contributed by atoms with van der Waals surface area (Å²) in [4.78, 5) is 38.3. The Bertz CT molecular complexity index is 1300. The summed E-state index contributed by atoms with van der Waals surface area (Å²) in [6.45, 7) is 13.5. The smallest absolute Gasteiger partial charge is 0.407 e. The molecule has 0 radical (unpaired) electrons. The first-order chi connectivity index (χ1) is 18.4. The summed E-state index contributed by atoms with van der Waals surface area (Å²) in [5, 5.41) is 6.25. The number of aliphatic imine (C=N–C) groups is 2. The summed E-state index contributed by atoms with van der Waals surface area (Å²) in [5.74, 6) is 0.513. The third-order valence-electron chi connectivity index (χ3n) is 6.36. The molecular formula is C30H39N5O3S. The lowest BCUT2D eigenvalue weighted by Gasteiger charge is -2.22. The van der Waals surface area contributed by atoms with Crippen LogP contribution in [0.1, 0.15) is 80.1 Å². The Hall–Kier alpha value is -3.46. The number of hydrogen-bond acceptors (Lipinski definition) is 7. The fraction of sp³-hybridized carbons (Fsp3) is 0.467. The van der Waals surface area contributed by atoms with Crippen molar-refractivity contribution in [2.24, 2.45) is 9.98 Å². The maximum Gasteiger partial charge on any atom is 0.407 e. The summed E-state index contributed by atoms with van der Waals surface area (Å²) in [5.41, 5.74) is 2.64. The van der Waals surface area contributed by atoms with Gasteiger partial charge in [0.05, 0.1) is 17.5 Å². The van der Waals surface area contributed by atoms with Crippen molar-refractivity contribution in [2.75, 3.05) is 18.4 Å². The van der Waals surface area contributed by atoms with E-state index in [-0.39, 0.29) is 17.4 Å². The zero-order chi connectivity index (χ0) is 28.2.